The molecule has 0 fully saturated rings. The number of benzene rings is 8. The molecule has 0 spiro atoms. The Kier molecular flexibility index (Phi) is 7.32. The largest absolute Gasteiger partial charge is 0.310 e. The van der Waals surface area contributed by atoms with Crippen LogP contribution in [-0.2, 0) is 0 Å². The molecule has 52 heavy (non-hydrogen) atoms. The van der Waals surface area contributed by atoms with E-state index < -0.39 is 0 Å². The minimum atomic E-state index is 0.998. The van der Waals surface area contributed by atoms with Crippen molar-refractivity contribution in [3.63, 3.8) is 0 Å². The third kappa shape index (κ3) is 5.03. The van der Waals surface area contributed by atoms with Gasteiger partial charge in [-0.2, -0.15) is 0 Å². The number of hydrogen-bond donors (Lipinski definition) is 0. The summed E-state index contributed by atoms with van der Waals surface area (Å²) in [7, 11) is 0. The van der Waals surface area contributed by atoms with E-state index in [0.717, 1.165) is 29.9 Å². The van der Waals surface area contributed by atoms with Gasteiger partial charge in [0.05, 0.1) is 11.0 Å². The van der Waals surface area contributed by atoms with Gasteiger partial charge in [0.15, 0.2) is 0 Å². The van der Waals surface area contributed by atoms with Gasteiger partial charge in [-0.15, -0.1) is 0 Å². The number of nitrogens with zero attached hydrogens (tertiary/aromatic N) is 2. The standard InChI is InChI=1S/C50H36N2/c1-3-14-36(15-4-1)44-22-11-12-25-48(44)51(40-29-26-38(27-30-40)43-24-13-18-35-16-7-9-21-42(35)43)41-31-33-49-47(34-41)46-32-28-37-17-8-10-23-45(37)50(46)52(49)39-19-5-2-6-20-39/h1-10,13-34H,11-12H2. The van der Waals surface area contributed by atoms with E-state index in [2.05, 4.69) is 204 Å². The fourth-order valence-electron chi connectivity index (χ4n) is 8.20. The topological polar surface area (TPSA) is 8.17 Å². The normalized spacial score (nSPS) is 13.1. The Bertz CT molecular complexity index is 2820. The van der Waals surface area contributed by atoms with Crippen LogP contribution in [0.4, 0.5) is 11.4 Å². The molecule has 0 unspecified atom stereocenters. The maximum absolute atomic E-state index is 2.47. The van der Waals surface area contributed by atoms with Crippen molar-refractivity contribution in [1.82, 2.24) is 4.57 Å². The maximum atomic E-state index is 2.47. The molecule has 9 aromatic rings. The lowest BCUT2D eigenvalue weighted by molar-refractivity contribution is 1.00. The van der Waals surface area contributed by atoms with Crippen LogP contribution in [0.15, 0.2) is 200 Å². The van der Waals surface area contributed by atoms with Gasteiger partial charge in [0.2, 0.25) is 0 Å². The highest BCUT2D eigenvalue weighted by atomic mass is 15.2. The van der Waals surface area contributed by atoms with Gasteiger partial charge in [0, 0.05) is 44.5 Å². The van der Waals surface area contributed by atoms with Crippen LogP contribution >= 0.6 is 0 Å². The Balaban J connectivity index is 1.19. The number of fused-ring (bicyclic) bond motifs is 6. The molecule has 0 N–H and O–H groups in total. The summed E-state index contributed by atoms with van der Waals surface area (Å²) in [6, 6.07) is 66.3. The monoisotopic (exact) mass is 664 g/mol. The number of hydrogen-bond acceptors (Lipinski definition) is 1. The van der Waals surface area contributed by atoms with Gasteiger partial charge in [-0.1, -0.05) is 152 Å². The maximum Gasteiger partial charge on any atom is 0.0619 e. The zero-order chi connectivity index (χ0) is 34.4. The lowest BCUT2D eigenvalue weighted by Crippen LogP contribution is -2.19. The zero-order valence-electron chi connectivity index (χ0n) is 28.8. The first kappa shape index (κ1) is 30.2. The molecule has 10 rings (SSSR count). The van der Waals surface area contributed by atoms with Crippen LogP contribution in [0.3, 0.4) is 0 Å². The molecule has 0 amide bonds. The van der Waals surface area contributed by atoms with Crippen molar-refractivity contribution < 1.29 is 0 Å². The highest BCUT2D eigenvalue weighted by molar-refractivity contribution is 6.19. The van der Waals surface area contributed by atoms with Crippen LogP contribution in [0, 0.1) is 0 Å². The molecule has 246 valence electrons. The van der Waals surface area contributed by atoms with Crippen LogP contribution in [0.25, 0.3) is 65.7 Å². The third-order valence-electron chi connectivity index (χ3n) is 10.6. The molecule has 1 aliphatic carbocycles. The van der Waals surface area contributed by atoms with Crippen molar-refractivity contribution in [2.24, 2.45) is 0 Å². The van der Waals surface area contributed by atoms with Gasteiger partial charge in [0.25, 0.3) is 0 Å². The van der Waals surface area contributed by atoms with Crippen LogP contribution < -0.4 is 4.90 Å². The molecular weight excluding hydrogens is 629 g/mol. The van der Waals surface area contributed by atoms with E-state index in [4.69, 9.17) is 0 Å². The van der Waals surface area contributed by atoms with Crippen molar-refractivity contribution in [3.05, 3.63) is 205 Å². The molecule has 0 saturated heterocycles. The molecule has 2 nitrogen and oxygen atoms in total. The summed E-state index contributed by atoms with van der Waals surface area (Å²) in [6.07, 6.45) is 6.86. The number of anilines is 2. The van der Waals surface area contributed by atoms with E-state index in [-0.39, 0.29) is 0 Å². The predicted octanol–water partition coefficient (Wildman–Crippen LogP) is 13.7. The Morgan fingerprint density at radius 3 is 1.88 bits per heavy atom. The molecule has 0 bridgehead atoms. The molecule has 1 aromatic heterocycles. The van der Waals surface area contributed by atoms with Crippen LogP contribution in [-0.4, -0.2) is 4.57 Å². The Morgan fingerprint density at radius 1 is 0.423 bits per heavy atom. The summed E-state index contributed by atoms with van der Waals surface area (Å²) >= 11 is 0. The SMILES string of the molecule is C1=C(c2ccccc2)C(N(c2ccc(-c3cccc4ccccc34)cc2)c2ccc3c(c2)c2ccc4ccccc4c2n3-c2ccccc2)=CCC1. The van der Waals surface area contributed by atoms with Crippen molar-refractivity contribution in [2.75, 3.05) is 4.90 Å². The number of rotatable bonds is 6. The van der Waals surface area contributed by atoms with E-state index >= 15 is 0 Å². The van der Waals surface area contributed by atoms with Crippen molar-refractivity contribution in [3.8, 4) is 16.8 Å². The van der Waals surface area contributed by atoms with E-state index in [1.807, 2.05) is 0 Å². The molecular formula is C50H36N2. The van der Waals surface area contributed by atoms with Gasteiger partial charge in [-0.25, -0.2) is 0 Å². The van der Waals surface area contributed by atoms with Crippen LogP contribution in [0.5, 0.6) is 0 Å². The fourth-order valence-corrected chi connectivity index (χ4v) is 8.20. The molecule has 8 aromatic carbocycles. The lowest BCUT2D eigenvalue weighted by atomic mass is 9.94. The summed E-state index contributed by atoms with van der Waals surface area (Å²) < 4.78 is 2.44. The van der Waals surface area contributed by atoms with Gasteiger partial charge in [-0.05, 0) is 88.2 Å². The summed E-state index contributed by atoms with van der Waals surface area (Å²) in [4.78, 5) is 2.47. The summed E-state index contributed by atoms with van der Waals surface area (Å²) in [6.45, 7) is 0. The Morgan fingerprint density at radius 2 is 1.08 bits per heavy atom. The molecule has 0 saturated carbocycles. The van der Waals surface area contributed by atoms with Crippen LogP contribution in [0.1, 0.15) is 18.4 Å². The fraction of sp³-hybridized carbons (Fsp3) is 0.0400. The first-order chi connectivity index (χ1) is 25.8. The second-order valence-electron chi connectivity index (χ2n) is 13.6. The summed E-state index contributed by atoms with van der Waals surface area (Å²) in [5.41, 5.74) is 12.1. The molecule has 1 heterocycles. The molecule has 0 radical (unpaired) electrons. The van der Waals surface area contributed by atoms with E-state index in [0.29, 0.717) is 0 Å². The van der Waals surface area contributed by atoms with Crippen LogP contribution in [0.2, 0.25) is 0 Å². The van der Waals surface area contributed by atoms with Crippen molar-refractivity contribution in [1.29, 1.82) is 0 Å². The minimum Gasteiger partial charge on any atom is -0.310 e. The Labute approximate surface area is 303 Å². The summed E-state index contributed by atoms with van der Waals surface area (Å²) in [5, 5.41) is 7.52. The number of allylic oxidation sites excluding steroid dienone is 3. The van der Waals surface area contributed by atoms with Gasteiger partial charge in [-0.3, -0.25) is 0 Å². The first-order valence-electron chi connectivity index (χ1n) is 18.2. The highest BCUT2D eigenvalue weighted by Crippen LogP contribution is 2.43. The average molecular weight is 665 g/mol. The number of aromatic nitrogens is 1. The predicted molar refractivity (Wildman–Crippen MR) is 222 cm³/mol. The quantitative estimate of drug-likeness (QED) is 0.172. The smallest absolute Gasteiger partial charge is 0.0619 e. The summed E-state index contributed by atoms with van der Waals surface area (Å²) in [5.74, 6) is 0. The first-order valence-corrected chi connectivity index (χ1v) is 18.2. The highest BCUT2D eigenvalue weighted by Gasteiger charge is 2.23. The van der Waals surface area contributed by atoms with E-state index in [1.54, 1.807) is 0 Å². The van der Waals surface area contributed by atoms with Gasteiger partial charge in [0.1, 0.15) is 0 Å². The zero-order valence-corrected chi connectivity index (χ0v) is 28.8. The van der Waals surface area contributed by atoms with Crippen molar-refractivity contribution in [2.45, 2.75) is 12.8 Å². The second kappa shape index (κ2) is 12.6. The number of para-hydroxylation sites is 1. The molecule has 0 atom stereocenters. The molecule has 2 heteroatoms. The third-order valence-corrected chi connectivity index (χ3v) is 10.6. The van der Waals surface area contributed by atoms with E-state index in [9.17, 15) is 0 Å². The Hall–Kier alpha value is -6.64. The molecule has 1 aliphatic rings. The van der Waals surface area contributed by atoms with E-state index in [1.165, 1.54) is 71.3 Å². The second-order valence-corrected chi connectivity index (χ2v) is 13.6. The lowest BCUT2D eigenvalue weighted by Gasteiger charge is -2.31. The molecule has 0 aliphatic heterocycles. The van der Waals surface area contributed by atoms with Crippen molar-refractivity contribution >= 4 is 60.3 Å². The minimum absolute atomic E-state index is 0.998. The average Bonchev–Trinajstić information content (AvgIpc) is 3.56. The van der Waals surface area contributed by atoms with Gasteiger partial charge < -0.3 is 9.47 Å². The van der Waals surface area contributed by atoms with Gasteiger partial charge >= 0.3 is 0 Å².